The zero-order chi connectivity index (χ0) is 17.8. The van der Waals surface area contributed by atoms with Crippen LogP contribution < -0.4 is 5.32 Å². The van der Waals surface area contributed by atoms with Crippen molar-refractivity contribution in [2.45, 2.75) is 6.42 Å². The van der Waals surface area contributed by atoms with Crippen LogP contribution in [-0.4, -0.2) is 17.4 Å². The first-order valence-corrected chi connectivity index (χ1v) is 7.47. The molecule has 0 unspecified atom stereocenters. The van der Waals surface area contributed by atoms with Gasteiger partial charge in [-0.15, -0.1) is 0 Å². The van der Waals surface area contributed by atoms with Crippen molar-refractivity contribution in [2.24, 2.45) is 0 Å². The minimum absolute atomic E-state index is 0.171. The zero-order valence-corrected chi connectivity index (χ0v) is 12.9. The lowest BCUT2D eigenvalue weighted by atomic mass is 10.2. The second kappa shape index (κ2) is 7.21. The van der Waals surface area contributed by atoms with Crippen molar-refractivity contribution in [2.75, 3.05) is 6.54 Å². The summed E-state index contributed by atoms with van der Waals surface area (Å²) >= 11 is 0. The summed E-state index contributed by atoms with van der Waals surface area (Å²) < 4.78 is 44.9. The number of carbonyl (C=O) groups excluding carboxylic acids is 1. The van der Waals surface area contributed by atoms with Gasteiger partial charge in [0.2, 0.25) is 5.89 Å². The summed E-state index contributed by atoms with van der Waals surface area (Å²) in [5, 5.41) is 2.50. The molecule has 0 saturated carbocycles. The van der Waals surface area contributed by atoms with Gasteiger partial charge in [0.15, 0.2) is 11.6 Å². The first kappa shape index (κ1) is 16.8. The highest BCUT2D eigenvalue weighted by molar-refractivity contribution is 5.94. The highest BCUT2D eigenvalue weighted by atomic mass is 19.2. The maximum atomic E-state index is 13.5. The molecule has 0 radical (unpaired) electrons. The molecule has 0 spiro atoms. The minimum atomic E-state index is -1.18. The van der Waals surface area contributed by atoms with Crippen LogP contribution in [0.25, 0.3) is 11.5 Å². The van der Waals surface area contributed by atoms with Crippen LogP contribution in [-0.2, 0) is 6.42 Å². The molecule has 4 nitrogen and oxygen atoms in total. The molecule has 7 heteroatoms. The van der Waals surface area contributed by atoms with Gasteiger partial charge >= 0.3 is 0 Å². The maximum Gasteiger partial charge on any atom is 0.254 e. The fraction of sp³-hybridized carbons (Fsp3) is 0.111. The van der Waals surface area contributed by atoms with E-state index in [4.69, 9.17) is 4.42 Å². The van der Waals surface area contributed by atoms with Gasteiger partial charge in [-0.3, -0.25) is 4.79 Å². The molecule has 0 aliphatic rings. The number of nitrogens with zero attached hydrogens (tertiary/aromatic N) is 1. The monoisotopic (exact) mass is 346 g/mol. The third-order valence-electron chi connectivity index (χ3n) is 3.51. The quantitative estimate of drug-likeness (QED) is 0.766. The average molecular weight is 346 g/mol. The molecule has 0 aliphatic heterocycles. The van der Waals surface area contributed by atoms with E-state index in [1.165, 1.54) is 30.5 Å². The van der Waals surface area contributed by atoms with Gasteiger partial charge in [0.05, 0.1) is 11.3 Å². The molecule has 3 aromatic rings. The summed E-state index contributed by atoms with van der Waals surface area (Å²) in [5.74, 6) is -2.99. The third kappa shape index (κ3) is 3.88. The van der Waals surface area contributed by atoms with Gasteiger partial charge in [-0.25, -0.2) is 18.2 Å². The molecule has 1 aromatic heterocycles. The van der Waals surface area contributed by atoms with Crippen molar-refractivity contribution in [1.29, 1.82) is 0 Å². The number of halogens is 3. The number of hydrogen-bond donors (Lipinski definition) is 1. The SMILES string of the molecule is O=C(NCCc1coc(-c2ccc(F)cc2)n1)c1cccc(F)c1F. The lowest BCUT2D eigenvalue weighted by Gasteiger charge is -2.05. The molecule has 2 aromatic carbocycles. The summed E-state index contributed by atoms with van der Waals surface area (Å²) in [6, 6.07) is 9.09. The first-order valence-electron chi connectivity index (χ1n) is 7.47. The summed E-state index contributed by atoms with van der Waals surface area (Å²) in [5.41, 5.74) is 0.838. The number of benzene rings is 2. The van der Waals surface area contributed by atoms with E-state index in [1.807, 2.05) is 0 Å². The van der Waals surface area contributed by atoms with Crippen LogP contribution in [0.4, 0.5) is 13.2 Å². The minimum Gasteiger partial charge on any atom is -0.444 e. The van der Waals surface area contributed by atoms with Crippen molar-refractivity contribution >= 4 is 5.91 Å². The Kier molecular flexibility index (Phi) is 4.83. The van der Waals surface area contributed by atoms with E-state index in [9.17, 15) is 18.0 Å². The Morgan fingerprint density at radius 1 is 1.08 bits per heavy atom. The van der Waals surface area contributed by atoms with Crippen LogP contribution in [0.3, 0.4) is 0 Å². The lowest BCUT2D eigenvalue weighted by Crippen LogP contribution is -2.26. The number of carbonyl (C=O) groups is 1. The Hall–Kier alpha value is -3.09. The normalized spacial score (nSPS) is 10.7. The number of nitrogens with one attached hydrogen (secondary N) is 1. The van der Waals surface area contributed by atoms with E-state index >= 15 is 0 Å². The van der Waals surface area contributed by atoms with Crippen molar-refractivity contribution in [3.05, 3.63) is 77.4 Å². The lowest BCUT2D eigenvalue weighted by molar-refractivity contribution is 0.0949. The molecular formula is C18H13F3N2O2. The number of hydrogen-bond acceptors (Lipinski definition) is 3. The molecule has 1 heterocycles. The molecule has 0 atom stereocenters. The molecular weight excluding hydrogens is 333 g/mol. The Balaban J connectivity index is 1.58. The zero-order valence-electron chi connectivity index (χ0n) is 12.9. The van der Waals surface area contributed by atoms with Gasteiger partial charge in [-0.1, -0.05) is 6.07 Å². The second-order valence-electron chi connectivity index (χ2n) is 5.26. The van der Waals surface area contributed by atoms with Crippen molar-refractivity contribution in [3.63, 3.8) is 0 Å². The Labute approximate surface area is 141 Å². The highest BCUT2D eigenvalue weighted by Crippen LogP contribution is 2.19. The Bertz CT molecular complexity index is 892. The molecule has 0 aliphatic carbocycles. The fourth-order valence-corrected chi connectivity index (χ4v) is 2.23. The molecule has 0 fully saturated rings. The average Bonchev–Trinajstić information content (AvgIpc) is 3.07. The highest BCUT2D eigenvalue weighted by Gasteiger charge is 2.15. The van der Waals surface area contributed by atoms with Crippen molar-refractivity contribution < 1.29 is 22.4 Å². The molecule has 1 N–H and O–H groups in total. The summed E-state index contributed by atoms with van der Waals surface area (Å²) in [6.45, 7) is 0.171. The van der Waals surface area contributed by atoms with Gasteiger partial charge < -0.3 is 9.73 Å². The molecule has 128 valence electrons. The molecule has 25 heavy (non-hydrogen) atoms. The topological polar surface area (TPSA) is 55.1 Å². The number of oxazole rings is 1. The smallest absolute Gasteiger partial charge is 0.254 e. The van der Waals surface area contributed by atoms with Crippen LogP contribution in [0, 0.1) is 17.5 Å². The summed E-state index contributed by atoms with van der Waals surface area (Å²) in [7, 11) is 0. The van der Waals surface area contributed by atoms with Gasteiger partial charge in [-0.05, 0) is 36.4 Å². The maximum absolute atomic E-state index is 13.5. The van der Waals surface area contributed by atoms with Gasteiger partial charge in [-0.2, -0.15) is 0 Å². The fourth-order valence-electron chi connectivity index (χ4n) is 2.23. The van der Waals surface area contributed by atoms with E-state index in [0.29, 0.717) is 23.6 Å². The summed E-state index contributed by atoms with van der Waals surface area (Å²) in [6.07, 6.45) is 1.76. The van der Waals surface area contributed by atoms with E-state index in [1.54, 1.807) is 12.1 Å². The van der Waals surface area contributed by atoms with Gasteiger partial charge in [0.1, 0.15) is 12.1 Å². The van der Waals surface area contributed by atoms with Crippen LogP contribution in [0.5, 0.6) is 0 Å². The predicted octanol–water partition coefficient (Wildman–Crippen LogP) is 3.73. The van der Waals surface area contributed by atoms with Crippen LogP contribution in [0.15, 0.2) is 53.1 Å². The van der Waals surface area contributed by atoms with E-state index in [2.05, 4.69) is 10.3 Å². The van der Waals surface area contributed by atoms with Crippen LogP contribution in [0.2, 0.25) is 0 Å². The van der Waals surface area contributed by atoms with Gasteiger partial charge in [0.25, 0.3) is 5.91 Å². The molecule has 1 amide bonds. The standard InChI is InChI=1S/C18H13F3N2O2/c19-12-6-4-11(5-7-12)18-23-13(10-25-18)8-9-22-17(24)14-2-1-3-15(20)16(14)21/h1-7,10H,8-9H2,(H,22,24). The van der Waals surface area contributed by atoms with E-state index < -0.39 is 17.5 Å². The third-order valence-corrected chi connectivity index (χ3v) is 3.51. The molecule has 0 saturated heterocycles. The summed E-state index contributed by atoms with van der Waals surface area (Å²) in [4.78, 5) is 16.1. The molecule has 0 bridgehead atoms. The first-order chi connectivity index (χ1) is 12.0. The number of aromatic nitrogens is 1. The number of amides is 1. The second-order valence-corrected chi connectivity index (χ2v) is 5.26. The van der Waals surface area contributed by atoms with Crippen molar-refractivity contribution in [3.8, 4) is 11.5 Å². The largest absolute Gasteiger partial charge is 0.444 e. The Morgan fingerprint density at radius 2 is 1.84 bits per heavy atom. The van der Waals surface area contributed by atoms with E-state index in [-0.39, 0.29) is 17.9 Å². The predicted molar refractivity (Wildman–Crippen MR) is 84.3 cm³/mol. The van der Waals surface area contributed by atoms with E-state index in [0.717, 1.165) is 6.07 Å². The van der Waals surface area contributed by atoms with Gasteiger partial charge in [0, 0.05) is 18.5 Å². The Morgan fingerprint density at radius 3 is 2.60 bits per heavy atom. The van der Waals surface area contributed by atoms with Crippen LogP contribution in [0.1, 0.15) is 16.1 Å². The number of rotatable bonds is 5. The molecule has 3 rings (SSSR count). The van der Waals surface area contributed by atoms with Crippen LogP contribution >= 0.6 is 0 Å². The van der Waals surface area contributed by atoms with Crippen molar-refractivity contribution in [1.82, 2.24) is 10.3 Å².